The zero-order valence-corrected chi connectivity index (χ0v) is 18.2. The Balaban J connectivity index is 1.50. The summed E-state index contributed by atoms with van der Waals surface area (Å²) in [6, 6.07) is 22.2. The fourth-order valence-electron chi connectivity index (χ4n) is 3.89. The van der Waals surface area contributed by atoms with E-state index in [0.29, 0.717) is 27.3 Å². The Kier molecular flexibility index (Phi) is 5.28. The van der Waals surface area contributed by atoms with E-state index in [0.717, 1.165) is 5.56 Å². The molecule has 8 heteroatoms. The van der Waals surface area contributed by atoms with Gasteiger partial charge in [-0.15, -0.1) is 0 Å². The van der Waals surface area contributed by atoms with Gasteiger partial charge in [-0.2, -0.15) is 5.26 Å². The van der Waals surface area contributed by atoms with E-state index in [1.54, 1.807) is 54.6 Å². The highest BCUT2D eigenvalue weighted by atomic mass is 35.5. The van der Waals surface area contributed by atoms with E-state index in [2.05, 4.69) is 6.07 Å². The third kappa shape index (κ3) is 3.76. The first-order valence-corrected chi connectivity index (χ1v) is 10.5. The standard InChI is InChI=1S/C26H15ClN2O5/c27-16-6-3-5-15(10-16)23-18-9-8-17(12-22(18)33-24(29)20(23)13-28)32-25(30)19-11-14-4-1-2-7-21(14)34-26(19)31/h1-12,23H,29H2. The number of nitrogens with zero attached hydrogens (tertiary/aromatic N) is 1. The molecule has 0 radical (unpaired) electrons. The molecule has 1 aliphatic rings. The minimum atomic E-state index is -0.872. The van der Waals surface area contributed by atoms with Crippen molar-refractivity contribution in [2.45, 2.75) is 5.92 Å². The van der Waals surface area contributed by atoms with Gasteiger partial charge in [-0.1, -0.05) is 48.0 Å². The summed E-state index contributed by atoms with van der Waals surface area (Å²) in [5, 5.41) is 10.8. The van der Waals surface area contributed by atoms with Crippen LogP contribution in [0.1, 0.15) is 27.4 Å². The molecule has 0 fully saturated rings. The Bertz CT molecular complexity index is 1600. The Morgan fingerprint density at radius 3 is 2.68 bits per heavy atom. The van der Waals surface area contributed by atoms with Gasteiger partial charge in [-0.25, -0.2) is 9.59 Å². The summed E-state index contributed by atoms with van der Waals surface area (Å²) >= 11 is 6.16. The number of para-hydroxylation sites is 1. The summed E-state index contributed by atoms with van der Waals surface area (Å²) in [7, 11) is 0. The van der Waals surface area contributed by atoms with Gasteiger partial charge in [0.25, 0.3) is 0 Å². The highest BCUT2D eigenvalue weighted by molar-refractivity contribution is 6.30. The van der Waals surface area contributed by atoms with Crippen LogP contribution in [0.2, 0.25) is 5.02 Å². The van der Waals surface area contributed by atoms with Crippen LogP contribution in [0.5, 0.6) is 11.5 Å². The van der Waals surface area contributed by atoms with Crippen LogP contribution in [0.3, 0.4) is 0 Å². The molecule has 2 N–H and O–H groups in total. The fourth-order valence-corrected chi connectivity index (χ4v) is 4.09. The molecule has 34 heavy (non-hydrogen) atoms. The summed E-state index contributed by atoms with van der Waals surface area (Å²) < 4.78 is 16.3. The van der Waals surface area contributed by atoms with Crippen molar-refractivity contribution in [3.63, 3.8) is 0 Å². The Morgan fingerprint density at radius 2 is 1.88 bits per heavy atom. The highest BCUT2D eigenvalue weighted by Crippen LogP contribution is 2.43. The minimum absolute atomic E-state index is 0.0568. The van der Waals surface area contributed by atoms with E-state index in [4.69, 9.17) is 31.2 Å². The van der Waals surface area contributed by atoms with Gasteiger partial charge < -0.3 is 19.6 Å². The summed E-state index contributed by atoms with van der Waals surface area (Å²) in [4.78, 5) is 25.0. The van der Waals surface area contributed by atoms with E-state index >= 15 is 0 Å². The van der Waals surface area contributed by atoms with Crippen LogP contribution < -0.4 is 20.8 Å². The molecule has 0 spiro atoms. The molecule has 0 saturated carbocycles. The molecule has 0 aliphatic carbocycles. The van der Waals surface area contributed by atoms with Crippen molar-refractivity contribution in [1.29, 1.82) is 5.26 Å². The molecular formula is C26H15ClN2O5. The second kappa shape index (κ2) is 8.43. The predicted molar refractivity (Wildman–Crippen MR) is 125 cm³/mol. The van der Waals surface area contributed by atoms with Gasteiger partial charge in [0.2, 0.25) is 5.88 Å². The van der Waals surface area contributed by atoms with E-state index in [9.17, 15) is 14.9 Å². The van der Waals surface area contributed by atoms with Gasteiger partial charge >= 0.3 is 11.6 Å². The maximum Gasteiger partial charge on any atom is 0.351 e. The van der Waals surface area contributed by atoms with Crippen LogP contribution in [-0.4, -0.2) is 5.97 Å². The number of fused-ring (bicyclic) bond motifs is 2. The number of esters is 1. The molecule has 4 aromatic rings. The van der Waals surface area contributed by atoms with Crippen LogP contribution in [-0.2, 0) is 0 Å². The Morgan fingerprint density at radius 1 is 1.06 bits per heavy atom. The van der Waals surface area contributed by atoms with Crippen molar-refractivity contribution in [2.75, 3.05) is 0 Å². The van der Waals surface area contributed by atoms with Gasteiger partial charge in [0.1, 0.15) is 34.3 Å². The number of carbonyl (C=O) groups excluding carboxylic acids is 1. The van der Waals surface area contributed by atoms with Crippen LogP contribution in [0.25, 0.3) is 11.0 Å². The summed E-state index contributed by atoms with van der Waals surface area (Å²) in [6.07, 6.45) is 0. The summed E-state index contributed by atoms with van der Waals surface area (Å²) in [5.74, 6) is -0.988. The second-order valence-corrected chi connectivity index (χ2v) is 7.99. The molecule has 1 aliphatic heterocycles. The second-order valence-electron chi connectivity index (χ2n) is 7.55. The monoisotopic (exact) mass is 470 g/mol. The lowest BCUT2D eigenvalue weighted by molar-refractivity contribution is 0.0730. The van der Waals surface area contributed by atoms with Crippen molar-refractivity contribution in [3.8, 4) is 17.6 Å². The molecule has 0 amide bonds. The first kappa shape index (κ1) is 21.3. The number of nitriles is 1. The molecule has 5 rings (SSSR count). The predicted octanol–water partition coefficient (Wildman–Crippen LogP) is 4.88. The van der Waals surface area contributed by atoms with Crippen molar-refractivity contribution in [2.24, 2.45) is 5.73 Å². The molecule has 2 heterocycles. The van der Waals surface area contributed by atoms with E-state index < -0.39 is 17.5 Å². The molecule has 166 valence electrons. The Labute approximate surface area is 198 Å². The normalized spacial score (nSPS) is 14.8. The number of ether oxygens (including phenoxy) is 2. The van der Waals surface area contributed by atoms with E-state index in [-0.39, 0.29) is 22.8 Å². The molecule has 1 unspecified atom stereocenters. The number of allylic oxidation sites excluding steroid dienone is 1. The van der Waals surface area contributed by atoms with Crippen LogP contribution in [0, 0.1) is 11.3 Å². The number of nitrogens with two attached hydrogens (primary N) is 1. The number of hydrogen-bond donors (Lipinski definition) is 1. The lowest BCUT2D eigenvalue weighted by Gasteiger charge is -2.26. The zero-order valence-electron chi connectivity index (χ0n) is 17.4. The lowest BCUT2D eigenvalue weighted by Crippen LogP contribution is -2.21. The van der Waals surface area contributed by atoms with Gasteiger partial charge in [-0.3, -0.25) is 0 Å². The van der Waals surface area contributed by atoms with Crippen LogP contribution >= 0.6 is 11.6 Å². The first-order valence-electron chi connectivity index (χ1n) is 10.2. The maximum absolute atomic E-state index is 12.7. The topological polar surface area (TPSA) is 116 Å². The van der Waals surface area contributed by atoms with Gasteiger partial charge in [0, 0.05) is 22.0 Å². The maximum atomic E-state index is 12.7. The third-order valence-corrected chi connectivity index (χ3v) is 5.68. The van der Waals surface area contributed by atoms with Crippen LogP contribution in [0.15, 0.2) is 93.5 Å². The van der Waals surface area contributed by atoms with Crippen molar-refractivity contribution >= 4 is 28.5 Å². The van der Waals surface area contributed by atoms with Crippen molar-refractivity contribution < 1.29 is 18.7 Å². The lowest BCUT2D eigenvalue weighted by atomic mass is 9.83. The molecule has 1 atom stereocenters. The quantitative estimate of drug-likeness (QED) is 0.257. The average Bonchev–Trinajstić information content (AvgIpc) is 2.82. The molecule has 3 aromatic carbocycles. The highest BCUT2D eigenvalue weighted by Gasteiger charge is 2.31. The first-order chi connectivity index (χ1) is 16.4. The third-order valence-electron chi connectivity index (χ3n) is 5.44. The molecule has 0 bridgehead atoms. The van der Waals surface area contributed by atoms with Crippen LogP contribution in [0.4, 0.5) is 0 Å². The number of rotatable bonds is 3. The fraction of sp³-hybridized carbons (Fsp3) is 0.0385. The molecule has 0 saturated heterocycles. The minimum Gasteiger partial charge on any atom is -0.440 e. The number of benzene rings is 3. The zero-order chi connectivity index (χ0) is 23.8. The largest absolute Gasteiger partial charge is 0.440 e. The van der Waals surface area contributed by atoms with Gasteiger partial charge in [-0.05, 0) is 35.9 Å². The summed E-state index contributed by atoms with van der Waals surface area (Å²) in [6.45, 7) is 0. The number of halogens is 1. The Hall–Kier alpha value is -4.54. The average molecular weight is 471 g/mol. The molecule has 7 nitrogen and oxygen atoms in total. The van der Waals surface area contributed by atoms with E-state index in [1.165, 1.54) is 12.1 Å². The van der Waals surface area contributed by atoms with Crippen molar-refractivity contribution in [3.05, 3.63) is 116 Å². The van der Waals surface area contributed by atoms with Crippen molar-refractivity contribution in [1.82, 2.24) is 0 Å². The smallest absolute Gasteiger partial charge is 0.351 e. The number of hydrogen-bond acceptors (Lipinski definition) is 7. The summed E-state index contributed by atoms with van der Waals surface area (Å²) in [5.41, 5.74) is 7.01. The molecular weight excluding hydrogens is 456 g/mol. The van der Waals surface area contributed by atoms with Gasteiger partial charge in [0.15, 0.2) is 0 Å². The molecule has 1 aromatic heterocycles. The van der Waals surface area contributed by atoms with Gasteiger partial charge in [0.05, 0.1) is 5.92 Å². The SMILES string of the molecule is N#CC1=C(N)Oc2cc(OC(=O)c3cc4ccccc4oc3=O)ccc2C1c1cccc(Cl)c1. The number of carbonyl (C=O) groups is 1. The van der Waals surface area contributed by atoms with E-state index in [1.807, 2.05) is 6.07 Å².